The first-order valence-corrected chi connectivity index (χ1v) is 13.8. The molecule has 0 aliphatic rings. The summed E-state index contributed by atoms with van der Waals surface area (Å²) in [5, 5.41) is 0. The van der Waals surface area contributed by atoms with Gasteiger partial charge in [-0.25, -0.2) is 4.98 Å². The predicted octanol–water partition coefficient (Wildman–Crippen LogP) is 5.60. The Morgan fingerprint density at radius 2 is 1.37 bits per heavy atom. The number of carbonyl (C=O) groups is 3. The molecule has 1 aromatic heterocycles. The average molecular weight is 594 g/mol. The number of aryl methyl sites for hydroxylation is 2. The molecule has 0 N–H and O–H groups in total. The van der Waals surface area contributed by atoms with Crippen LogP contribution >= 0.6 is 0 Å². The average Bonchev–Trinajstić information content (AvgIpc) is 2.97. The van der Waals surface area contributed by atoms with Gasteiger partial charge in [-0.05, 0) is 55.2 Å². The summed E-state index contributed by atoms with van der Waals surface area (Å²) in [6.45, 7) is 8.18. The molecule has 2 aromatic carbocycles. The lowest BCUT2D eigenvalue weighted by molar-refractivity contribution is -0.153. The van der Waals surface area contributed by atoms with Gasteiger partial charge in [0.05, 0.1) is 27.2 Å². The molecule has 2 atom stereocenters. The van der Waals surface area contributed by atoms with Crippen LogP contribution < -0.4 is 18.9 Å². The molecule has 1 heterocycles. The molecule has 3 rings (SSSR count). The molecule has 0 fully saturated rings. The number of esters is 2. The molecule has 0 radical (unpaired) electrons. The Labute approximate surface area is 252 Å². The van der Waals surface area contributed by atoms with E-state index in [4.69, 9.17) is 28.4 Å². The van der Waals surface area contributed by atoms with E-state index in [1.165, 1.54) is 26.3 Å². The highest BCUT2D eigenvalue weighted by molar-refractivity contribution is 5.99. The highest BCUT2D eigenvalue weighted by Crippen LogP contribution is 2.35. The molecule has 0 aliphatic carbocycles. The summed E-state index contributed by atoms with van der Waals surface area (Å²) in [5.41, 5.74) is 3.75. The van der Waals surface area contributed by atoms with Crippen LogP contribution in [0.25, 0.3) is 0 Å². The number of nitrogens with zero attached hydrogens (tertiary/aromatic N) is 1. The minimum Gasteiger partial charge on any atom is -0.496 e. The predicted molar refractivity (Wildman–Crippen MR) is 159 cm³/mol. The number of carbonyl (C=O) groups excluding carboxylic acids is 3. The fourth-order valence-electron chi connectivity index (χ4n) is 4.85. The molecular weight excluding hydrogens is 554 g/mol. The molecule has 3 aromatic rings. The third-order valence-corrected chi connectivity index (χ3v) is 7.04. The zero-order valence-corrected chi connectivity index (χ0v) is 25.9. The van der Waals surface area contributed by atoms with Crippen LogP contribution in [0, 0.1) is 19.8 Å². The van der Waals surface area contributed by atoms with Crippen molar-refractivity contribution in [2.45, 2.75) is 53.1 Å². The first-order valence-electron chi connectivity index (χ1n) is 13.8. The number of rotatable bonds is 14. The highest BCUT2D eigenvalue weighted by atomic mass is 16.7. The van der Waals surface area contributed by atoms with Gasteiger partial charge in [-0.15, -0.1) is 0 Å². The van der Waals surface area contributed by atoms with Crippen molar-refractivity contribution in [1.82, 2.24) is 4.98 Å². The molecule has 230 valence electrons. The van der Waals surface area contributed by atoms with Crippen LogP contribution in [0.1, 0.15) is 65.9 Å². The van der Waals surface area contributed by atoms with E-state index in [1.54, 1.807) is 21.1 Å². The van der Waals surface area contributed by atoms with E-state index < -0.39 is 36.5 Å². The minimum absolute atomic E-state index is 0.0231. The highest BCUT2D eigenvalue weighted by Gasteiger charge is 2.30. The quantitative estimate of drug-likeness (QED) is 0.133. The van der Waals surface area contributed by atoms with Crippen LogP contribution in [0.2, 0.25) is 0 Å². The Balaban J connectivity index is 1.83. The van der Waals surface area contributed by atoms with Crippen molar-refractivity contribution in [2.75, 3.05) is 28.1 Å². The van der Waals surface area contributed by atoms with Crippen LogP contribution in [-0.4, -0.2) is 56.9 Å². The number of ketones is 1. The third-order valence-electron chi connectivity index (χ3n) is 7.04. The van der Waals surface area contributed by atoms with Gasteiger partial charge in [0, 0.05) is 31.5 Å². The number of ether oxygens (including phenoxy) is 6. The maximum atomic E-state index is 13.3. The Bertz CT molecular complexity index is 1400. The van der Waals surface area contributed by atoms with Crippen molar-refractivity contribution >= 4 is 17.7 Å². The Hall–Kier alpha value is -4.60. The molecule has 0 saturated carbocycles. The Kier molecular flexibility index (Phi) is 11.5. The molecular formula is C33H39NO9. The molecule has 10 nitrogen and oxygen atoms in total. The van der Waals surface area contributed by atoms with E-state index >= 15 is 0 Å². The normalized spacial score (nSPS) is 12.2. The molecule has 0 spiro atoms. The second-order valence-electron chi connectivity index (χ2n) is 10.2. The summed E-state index contributed by atoms with van der Waals surface area (Å²) >= 11 is 0. The van der Waals surface area contributed by atoms with Gasteiger partial charge < -0.3 is 28.4 Å². The maximum absolute atomic E-state index is 13.3. The fourth-order valence-corrected chi connectivity index (χ4v) is 4.85. The summed E-state index contributed by atoms with van der Waals surface area (Å²) in [4.78, 5) is 41.9. The van der Waals surface area contributed by atoms with Crippen LogP contribution in [0.3, 0.4) is 0 Å². The molecule has 0 amide bonds. The van der Waals surface area contributed by atoms with Crippen molar-refractivity contribution in [3.05, 3.63) is 76.6 Å². The topological polar surface area (TPSA) is 119 Å². The van der Waals surface area contributed by atoms with Gasteiger partial charge in [0.2, 0.25) is 6.79 Å². The summed E-state index contributed by atoms with van der Waals surface area (Å²) in [6, 6.07) is 13.3. The molecule has 0 unspecified atom stereocenters. The number of benzene rings is 2. The van der Waals surface area contributed by atoms with Crippen molar-refractivity contribution < 1.29 is 42.8 Å². The first kappa shape index (κ1) is 32.9. The van der Waals surface area contributed by atoms with Gasteiger partial charge in [-0.3, -0.25) is 14.4 Å². The van der Waals surface area contributed by atoms with Crippen LogP contribution in [-0.2, 0) is 19.1 Å². The van der Waals surface area contributed by atoms with Crippen LogP contribution in [0.5, 0.6) is 23.0 Å². The van der Waals surface area contributed by atoms with Crippen LogP contribution in [0.15, 0.2) is 48.7 Å². The number of pyridine rings is 1. The van der Waals surface area contributed by atoms with Crippen molar-refractivity contribution in [3.63, 3.8) is 0 Å². The third kappa shape index (κ3) is 8.24. The number of methoxy groups -OCH3 is 3. The van der Waals surface area contributed by atoms with E-state index in [9.17, 15) is 14.4 Å². The van der Waals surface area contributed by atoms with Gasteiger partial charge in [0.1, 0.15) is 17.6 Å². The fraction of sp³-hybridized carbons (Fsp3) is 0.394. The van der Waals surface area contributed by atoms with E-state index in [0.29, 0.717) is 0 Å². The first-order chi connectivity index (χ1) is 20.5. The SMILES string of the molecule is COc1ccc(C(c2ccc(OC)c(C)c2)[C@H](C)OC(=O)[C@H](C)CC(=O)c2nccc(OC)c2OCOC(C)=O)cc1C. The molecule has 0 aliphatic heterocycles. The van der Waals surface area contributed by atoms with Crippen LogP contribution in [0.4, 0.5) is 0 Å². The Morgan fingerprint density at radius 1 is 0.814 bits per heavy atom. The van der Waals surface area contributed by atoms with E-state index in [-0.39, 0.29) is 29.5 Å². The number of hydrogen-bond donors (Lipinski definition) is 0. The molecule has 0 saturated heterocycles. The number of aromatic nitrogens is 1. The summed E-state index contributed by atoms with van der Waals surface area (Å²) in [5.74, 6) is -0.859. The zero-order valence-electron chi connectivity index (χ0n) is 25.9. The van der Waals surface area contributed by atoms with E-state index in [1.807, 2.05) is 57.2 Å². The summed E-state index contributed by atoms with van der Waals surface area (Å²) in [7, 11) is 4.65. The van der Waals surface area contributed by atoms with E-state index in [0.717, 1.165) is 33.8 Å². The Morgan fingerprint density at radius 3 is 1.86 bits per heavy atom. The molecule has 10 heteroatoms. The second kappa shape index (κ2) is 15.0. The number of hydrogen-bond acceptors (Lipinski definition) is 10. The second-order valence-corrected chi connectivity index (χ2v) is 10.2. The van der Waals surface area contributed by atoms with Crippen molar-refractivity contribution in [3.8, 4) is 23.0 Å². The summed E-state index contributed by atoms with van der Waals surface area (Å²) in [6.07, 6.45) is 0.626. The lowest BCUT2D eigenvalue weighted by Gasteiger charge is -2.27. The van der Waals surface area contributed by atoms with Gasteiger partial charge in [-0.1, -0.05) is 31.2 Å². The lowest BCUT2D eigenvalue weighted by Crippen LogP contribution is -2.28. The van der Waals surface area contributed by atoms with Gasteiger partial charge >= 0.3 is 11.9 Å². The maximum Gasteiger partial charge on any atom is 0.309 e. The molecule has 43 heavy (non-hydrogen) atoms. The van der Waals surface area contributed by atoms with Gasteiger partial charge in [-0.2, -0.15) is 0 Å². The van der Waals surface area contributed by atoms with E-state index in [2.05, 4.69) is 4.98 Å². The van der Waals surface area contributed by atoms with Crippen molar-refractivity contribution in [2.24, 2.45) is 5.92 Å². The number of Topliss-reactive ketones (excluding diaryl/α,β-unsaturated/α-hetero) is 1. The summed E-state index contributed by atoms with van der Waals surface area (Å²) < 4.78 is 32.5. The smallest absolute Gasteiger partial charge is 0.309 e. The van der Waals surface area contributed by atoms with Gasteiger partial charge in [0.15, 0.2) is 23.0 Å². The van der Waals surface area contributed by atoms with Crippen molar-refractivity contribution in [1.29, 1.82) is 0 Å². The molecule has 0 bridgehead atoms. The zero-order chi connectivity index (χ0) is 31.7. The lowest BCUT2D eigenvalue weighted by atomic mass is 9.85. The largest absolute Gasteiger partial charge is 0.496 e. The minimum atomic E-state index is -0.792. The monoisotopic (exact) mass is 593 g/mol. The standard InChI is InChI=1S/C33H39NO9/c1-19-15-24(9-11-27(19)38-6)30(25-10-12-28(39-7)20(2)16-25)22(4)43-33(37)21(3)17-26(36)31-32(42-18-41-23(5)35)29(40-8)13-14-34-31/h9-16,21-22,30H,17-18H2,1-8H3/t21-,22+/m1/s1. The van der Waals surface area contributed by atoms with Gasteiger partial charge in [0.25, 0.3) is 0 Å².